The second-order valence-corrected chi connectivity index (χ2v) is 5.17. The first-order valence-corrected chi connectivity index (χ1v) is 6.63. The molecule has 0 amide bonds. The van der Waals surface area contributed by atoms with Crippen LogP contribution >= 0.6 is 11.6 Å². The monoisotopic (exact) mass is 292 g/mol. The normalized spacial score (nSPS) is 13.1. The second kappa shape index (κ2) is 4.83. The Kier molecular flexibility index (Phi) is 3.14. The van der Waals surface area contributed by atoms with Crippen molar-refractivity contribution >= 4 is 17.6 Å². The van der Waals surface area contributed by atoms with Crippen LogP contribution in [0.15, 0.2) is 18.3 Å². The number of ether oxygens (including phenoxy) is 1. The van der Waals surface area contributed by atoms with E-state index in [1.807, 2.05) is 12.1 Å². The number of carboxylic acid groups (broad SMARTS) is 1. The van der Waals surface area contributed by atoms with Gasteiger partial charge in [-0.3, -0.25) is 0 Å². The van der Waals surface area contributed by atoms with Gasteiger partial charge >= 0.3 is 5.97 Å². The number of rotatable bonds is 3. The van der Waals surface area contributed by atoms with Gasteiger partial charge in [0.1, 0.15) is 17.3 Å². The van der Waals surface area contributed by atoms with Gasteiger partial charge in [-0.2, -0.15) is 0 Å². The van der Waals surface area contributed by atoms with Crippen molar-refractivity contribution in [2.45, 2.75) is 19.9 Å². The van der Waals surface area contributed by atoms with Crippen LogP contribution in [-0.4, -0.2) is 27.2 Å². The van der Waals surface area contributed by atoms with Crippen molar-refractivity contribution in [1.29, 1.82) is 0 Å². The SMILES string of the molecule is Cc1ncc(C(=O)O)n1Cc1cc(Cl)cc2c1OCC2. The fourth-order valence-electron chi connectivity index (χ4n) is 2.47. The molecule has 0 bridgehead atoms. The number of nitrogens with zero attached hydrogens (tertiary/aromatic N) is 2. The summed E-state index contributed by atoms with van der Waals surface area (Å²) in [6, 6.07) is 3.71. The van der Waals surface area contributed by atoms with Crippen LogP contribution in [0, 0.1) is 6.92 Å². The minimum atomic E-state index is -0.995. The van der Waals surface area contributed by atoms with Gasteiger partial charge in [0.15, 0.2) is 0 Å². The van der Waals surface area contributed by atoms with E-state index in [-0.39, 0.29) is 5.69 Å². The lowest BCUT2D eigenvalue weighted by atomic mass is 10.1. The van der Waals surface area contributed by atoms with E-state index in [0.29, 0.717) is 24.0 Å². The third-order valence-corrected chi connectivity index (χ3v) is 3.65. The highest BCUT2D eigenvalue weighted by molar-refractivity contribution is 6.30. The van der Waals surface area contributed by atoms with Crippen LogP contribution in [0.2, 0.25) is 5.02 Å². The van der Waals surface area contributed by atoms with E-state index < -0.39 is 5.97 Å². The lowest BCUT2D eigenvalue weighted by Crippen LogP contribution is -2.11. The predicted octanol–water partition coefficient (Wildman–Crippen LogP) is 2.53. The third-order valence-electron chi connectivity index (χ3n) is 3.43. The standard InChI is InChI=1S/C14H13ClN2O3/c1-8-16-6-12(14(18)19)17(8)7-10-5-11(15)4-9-2-3-20-13(9)10/h4-6H,2-3,7H2,1H3,(H,18,19). The second-order valence-electron chi connectivity index (χ2n) is 4.73. The quantitative estimate of drug-likeness (QED) is 0.944. The highest BCUT2D eigenvalue weighted by Crippen LogP contribution is 2.33. The molecule has 0 atom stereocenters. The Hall–Kier alpha value is -2.01. The number of aromatic nitrogens is 2. The number of carboxylic acids is 1. The molecule has 0 radical (unpaired) electrons. The fraction of sp³-hybridized carbons (Fsp3) is 0.286. The summed E-state index contributed by atoms with van der Waals surface area (Å²) in [6.07, 6.45) is 2.20. The minimum absolute atomic E-state index is 0.161. The number of carbonyl (C=O) groups is 1. The summed E-state index contributed by atoms with van der Waals surface area (Å²) in [7, 11) is 0. The number of halogens is 1. The minimum Gasteiger partial charge on any atom is -0.493 e. The van der Waals surface area contributed by atoms with Crippen LogP contribution in [-0.2, 0) is 13.0 Å². The number of imidazole rings is 1. The molecule has 1 N–H and O–H groups in total. The summed E-state index contributed by atoms with van der Waals surface area (Å²) >= 11 is 6.11. The average Bonchev–Trinajstić information content (AvgIpc) is 2.97. The zero-order valence-corrected chi connectivity index (χ0v) is 11.6. The molecule has 0 saturated carbocycles. The van der Waals surface area contributed by atoms with Crippen molar-refractivity contribution in [3.05, 3.63) is 46.0 Å². The molecule has 1 aromatic heterocycles. The van der Waals surface area contributed by atoms with E-state index in [1.165, 1.54) is 6.20 Å². The van der Waals surface area contributed by atoms with Crippen molar-refractivity contribution in [2.24, 2.45) is 0 Å². The van der Waals surface area contributed by atoms with Crippen LogP contribution in [0.3, 0.4) is 0 Å². The molecule has 1 aromatic carbocycles. The Labute approximate surface area is 120 Å². The topological polar surface area (TPSA) is 64.3 Å². The molecule has 2 heterocycles. The maximum absolute atomic E-state index is 11.2. The Balaban J connectivity index is 2.04. The average molecular weight is 293 g/mol. The van der Waals surface area contributed by atoms with Gasteiger partial charge in [0, 0.05) is 17.0 Å². The number of hydrogen-bond acceptors (Lipinski definition) is 3. The summed E-state index contributed by atoms with van der Waals surface area (Å²) < 4.78 is 7.28. The molecule has 0 fully saturated rings. The van der Waals surface area contributed by atoms with Crippen molar-refractivity contribution in [3.8, 4) is 5.75 Å². The Morgan fingerprint density at radius 2 is 2.35 bits per heavy atom. The zero-order valence-electron chi connectivity index (χ0n) is 10.9. The molecule has 2 aromatic rings. The summed E-state index contributed by atoms with van der Waals surface area (Å²) in [5, 5.41) is 9.82. The van der Waals surface area contributed by atoms with E-state index >= 15 is 0 Å². The van der Waals surface area contributed by atoms with Gasteiger partial charge in [-0.1, -0.05) is 11.6 Å². The Morgan fingerprint density at radius 3 is 3.10 bits per heavy atom. The van der Waals surface area contributed by atoms with Gasteiger partial charge in [-0.05, 0) is 24.6 Å². The highest BCUT2D eigenvalue weighted by atomic mass is 35.5. The molecule has 0 saturated heterocycles. The number of aryl methyl sites for hydroxylation is 1. The molecule has 0 unspecified atom stereocenters. The fourth-order valence-corrected chi connectivity index (χ4v) is 2.74. The molecule has 104 valence electrons. The van der Waals surface area contributed by atoms with E-state index in [9.17, 15) is 9.90 Å². The first-order valence-electron chi connectivity index (χ1n) is 6.26. The first kappa shape index (κ1) is 13.0. The number of fused-ring (bicyclic) bond motifs is 1. The molecule has 0 spiro atoms. The summed E-state index contributed by atoms with van der Waals surface area (Å²) in [4.78, 5) is 15.3. The predicted molar refractivity (Wildman–Crippen MR) is 73.7 cm³/mol. The van der Waals surface area contributed by atoms with Crippen LogP contribution < -0.4 is 4.74 Å². The van der Waals surface area contributed by atoms with Gasteiger partial charge in [-0.15, -0.1) is 0 Å². The van der Waals surface area contributed by atoms with E-state index in [1.54, 1.807) is 11.5 Å². The maximum atomic E-state index is 11.2. The molecule has 5 nitrogen and oxygen atoms in total. The van der Waals surface area contributed by atoms with Crippen molar-refractivity contribution in [2.75, 3.05) is 6.61 Å². The van der Waals surface area contributed by atoms with Crippen LogP contribution in [0.25, 0.3) is 0 Å². The zero-order chi connectivity index (χ0) is 14.3. The summed E-state index contributed by atoms with van der Waals surface area (Å²) in [5.74, 6) is 0.471. The van der Waals surface area contributed by atoms with E-state index in [0.717, 1.165) is 23.3 Å². The van der Waals surface area contributed by atoms with Gasteiger partial charge < -0.3 is 14.4 Å². The molecule has 20 heavy (non-hydrogen) atoms. The van der Waals surface area contributed by atoms with Crippen LogP contribution in [0.1, 0.15) is 27.4 Å². The maximum Gasteiger partial charge on any atom is 0.354 e. The van der Waals surface area contributed by atoms with Crippen molar-refractivity contribution < 1.29 is 14.6 Å². The largest absolute Gasteiger partial charge is 0.493 e. The smallest absolute Gasteiger partial charge is 0.354 e. The molecule has 0 aliphatic carbocycles. The number of benzene rings is 1. The molecule has 3 rings (SSSR count). The highest BCUT2D eigenvalue weighted by Gasteiger charge is 2.20. The van der Waals surface area contributed by atoms with Gasteiger partial charge in [0.25, 0.3) is 0 Å². The van der Waals surface area contributed by atoms with Gasteiger partial charge in [0.2, 0.25) is 0 Å². The Morgan fingerprint density at radius 1 is 1.55 bits per heavy atom. The van der Waals surface area contributed by atoms with Gasteiger partial charge in [-0.25, -0.2) is 9.78 Å². The Bertz CT molecular complexity index is 694. The number of hydrogen-bond donors (Lipinski definition) is 1. The van der Waals surface area contributed by atoms with Crippen molar-refractivity contribution in [3.63, 3.8) is 0 Å². The first-order chi connectivity index (χ1) is 9.56. The molecule has 1 aliphatic heterocycles. The lowest BCUT2D eigenvalue weighted by Gasteiger charge is -2.12. The van der Waals surface area contributed by atoms with E-state index in [2.05, 4.69) is 4.98 Å². The number of aromatic carboxylic acids is 1. The lowest BCUT2D eigenvalue weighted by molar-refractivity contribution is 0.0685. The van der Waals surface area contributed by atoms with Crippen LogP contribution in [0.5, 0.6) is 5.75 Å². The summed E-state index contributed by atoms with van der Waals surface area (Å²) in [6.45, 7) is 2.80. The molecular formula is C14H13ClN2O3. The van der Waals surface area contributed by atoms with Crippen molar-refractivity contribution in [1.82, 2.24) is 9.55 Å². The third kappa shape index (κ3) is 2.14. The molecule has 6 heteroatoms. The molecular weight excluding hydrogens is 280 g/mol. The van der Waals surface area contributed by atoms with E-state index in [4.69, 9.17) is 16.3 Å². The summed E-state index contributed by atoms with van der Waals surface area (Å²) in [5.41, 5.74) is 2.12. The molecule has 1 aliphatic rings. The van der Waals surface area contributed by atoms with Crippen LogP contribution in [0.4, 0.5) is 0 Å². The van der Waals surface area contributed by atoms with Gasteiger partial charge in [0.05, 0.1) is 19.3 Å².